The van der Waals surface area contributed by atoms with Crippen molar-refractivity contribution in [2.75, 3.05) is 19.8 Å². The third-order valence-corrected chi connectivity index (χ3v) is 3.18. The van der Waals surface area contributed by atoms with Crippen LogP contribution >= 0.6 is 0 Å². The van der Waals surface area contributed by atoms with Crippen molar-refractivity contribution in [1.82, 2.24) is 4.90 Å². The van der Waals surface area contributed by atoms with Crippen molar-refractivity contribution >= 4 is 5.91 Å². The van der Waals surface area contributed by atoms with Gasteiger partial charge in [-0.25, -0.2) is 0 Å². The van der Waals surface area contributed by atoms with Crippen LogP contribution in [0.4, 0.5) is 0 Å². The van der Waals surface area contributed by atoms with E-state index in [4.69, 9.17) is 15.7 Å². The monoisotopic (exact) mass is 223 g/mol. The van der Waals surface area contributed by atoms with Gasteiger partial charge in [-0.05, 0) is 12.8 Å². The number of ether oxygens (including phenoxy) is 1. The third-order valence-electron chi connectivity index (χ3n) is 3.18. The SMILES string of the molecule is N#CCCN(C(=O)C1COCC1N)C1CC1. The van der Waals surface area contributed by atoms with E-state index in [-0.39, 0.29) is 17.9 Å². The average molecular weight is 223 g/mol. The summed E-state index contributed by atoms with van der Waals surface area (Å²) in [6, 6.07) is 2.24. The number of rotatable bonds is 4. The molecule has 2 atom stereocenters. The smallest absolute Gasteiger partial charge is 0.229 e. The topological polar surface area (TPSA) is 79.3 Å². The second-order valence-electron chi connectivity index (χ2n) is 4.48. The molecule has 0 radical (unpaired) electrons. The van der Waals surface area contributed by atoms with Gasteiger partial charge in [0.05, 0.1) is 31.6 Å². The zero-order valence-corrected chi connectivity index (χ0v) is 9.26. The fourth-order valence-electron chi connectivity index (χ4n) is 2.07. The van der Waals surface area contributed by atoms with Crippen LogP contribution in [0.1, 0.15) is 19.3 Å². The molecule has 88 valence electrons. The van der Waals surface area contributed by atoms with Crippen LogP contribution in [-0.2, 0) is 9.53 Å². The summed E-state index contributed by atoms with van der Waals surface area (Å²) in [6.07, 6.45) is 2.50. The third kappa shape index (κ3) is 2.34. The van der Waals surface area contributed by atoms with Crippen molar-refractivity contribution in [2.24, 2.45) is 11.7 Å². The number of nitriles is 1. The predicted molar refractivity (Wildman–Crippen MR) is 57.2 cm³/mol. The molecule has 0 bridgehead atoms. The Balaban J connectivity index is 1.96. The first kappa shape index (κ1) is 11.4. The summed E-state index contributed by atoms with van der Waals surface area (Å²) >= 11 is 0. The number of nitrogens with two attached hydrogens (primary N) is 1. The van der Waals surface area contributed by atoms with Crippen LogP contribution in [0.5, 0.6) is 0 Å². The largest absolute Gasteiger partial charge is 0.379 e. The van der Waals surface area contributed by atoms with Crippen LogP contribution in [0.2, 0.25) is 0 Å². The minimum Gasteiger partial charge on any atom is -0.379 e. The summed E-state index contributed by atoms with van der Waals surface area (Å²) in [4.78, 5) is 14.0. The maximum Gasteiger partial charge on any atom is 0.229 e. The number of hydrogen-bond donors (Lipinski definition) is 1. The minimum atomic E-state index is -0.209. The van der Waals surface area contributed by atoms with Crippen molar-refractivity contribution in [3.8, 4) is 6.07 Å². The highest BCUT2D eigenvalue weighted by molar-refractivity contribution is 5.80. The highest BCUT2D eigenvalue weighted by Gasteiger charge is 2.39. The molecule has 5 nitrogen and oxygen atoms in total. The molecular formula is C11H17N3O2. The Morgan fingerprint density at radius 3 is 2.75 bits per heavy atom. The highest BCUT2D eigenvalue weighted by Crippen LogP contribution is 2.29. The van der Waals surface area contributed by atoms with E-state index in [9.17, 15) is 4.79 Å². The van der Waals surface area contributed by atoms with Crippen LogP contribution in [0.25, 0.3) is 0 Å². The van der Waals surface area contributed by atoms with Gasteiger partial charge in [-0.3, -0.25) is 4.79 Å². The van der Waals surface area contributed by atoms with Gasteiger partial charge in [-0.2, -0.15) is 5.26 Å². The highest BCUT2D eigenvalue weighted by atomic mass is 16.5. The van der Waals surface area contributed by atoms with Crippen molar-refractivity contribution in [3.05, 3.63) is 0 Å². The van der Waals surface area contributed by atoms with Gasteiger partial charge < -0.3 is 15.4 Å². The molecule has 1 aliphatic heterocycles. The van der Waals surface area contributed by atoms with Crippen LogP contribution in [0.15, 0.2) is 0 Å². The molecule has 5 heteroatoms. The van der Waals surface area contributed by atoms with E-state index < -0.39 is 0 Å². The van der Waals surface area contributed by atoms with Crippen molar-refractivity contribution in [2.45, 2.75) is 31.3 Å². The van der Waals surface area contributed by atoms with E-state index in [1.807, 2.05) is 4.90 Å². The van der Waals surface area contributed by atoms with E-state index in [1.165, 1.54) is 0 Å². The number of carbonyl (C=O) groups is 1. The van der Waals surface area contributed by atoms with Crippen LogP contribution < -0.4 is 5.73 Å². The van der Waals surface area contributed by atoms with Gasteiger partial charge in [-0.15, -0.1) is 0 Å². The van der Waals surface area contributed by atoms with Gasteiger partial charge >= 0.3 is 0 Å². The lowest BCUT2D eigenvalue weighted by Gasteiger charge is -2.25. The number of nitrogens with zero attached hydrogens (tertiary/aromatic N) is 2. The Morgan fingerprint density at radius 2 is 2.25 bits per heavy atom. The predicted octanol–water partition coefficient (Wildman–Crippen LogP) is -0.135. The zero-order chi connectivity index (χ0) is 11.5. The van der Waals surface area contributed by atoms with Gasteiger partial charge in [-0.1, -0.05) is 0 Å². The van der Waals surface area contributed by atoms with E-state index in [1.54, 1.807) is 0 Å². The van der Waals surface area contributed by atoms with Gasteiger partial charge in [0.1, 0.15) is 0 Å². The first-order valence-electron chi connectivity index (χ1n) is 5.75. The molecule has 1 aliphatic carbocycles. The quantitative estimate of drug-likeness (QED) is 0.719. The van der Waals surface area contributed by atoms with E-state index in [0.717, 1.165) is 12.8 Å². The summed E-state index contributed by atoms with van der Waals surface area (Å²) in [7, 11) is 0. The summed E-state index contributed by atoms with van der Waals surface area (Å²) in [5.41, 5.74) is 5.83. The molecule has 16 heavy (non-hydrogen) atoms. The van der Waals surface area contributed by atoms with Gasteiger partial charge in [0, 0.05) is 18.6 Å². The van der Waals surface area contributed by atoms with Gasteiger partial charge in [0.15, 0.2) is 0 Å². The van der Waals surface area contributed by atoms with E-state index in [2.05, 4.69) is 6.07 Å². The minimum absolute atomic E-state index is 0.0720. The molecule has 1 amide bonds. The van der Waals surface area contributed by atoms with E-state index in [0.29, 0.717) is 32.2 Å². The summed E-state index contributed by atoms with van der Waals surface area (Å²) in [6.45, 7) is 1.42. The molecule has 2 aliphatic rings. The fraction of sp³-hybridized carbons (Fsp3) is 0.818. The van der Waals surface area contributed by atoms with Crippen LogP contribution in [0, 0.1) is 17.2 Å². The Kier molecular flexibility index (Phi) is 3.42. The molecule has 2 unspecified atom stereocenters. The van der Waals surface area contributed by atoms with Crippen molar-refractivity contribution < 1.29 is 9.53 Å². The Morgan fingerprint density at radius 1 is 1.50 bits per heavy atom. The molecule has 0 aromatic heterocycles. The van der Waals surface area contributed by atoms with Crippen molar-refractivity contribution in [1.29, 1.82) is 5.26 Å². The molecule has 1 heterocycles. The second kappa shape index (κ2) is 4.81. The Bertz CT molecular complexity index is 309. The maximum atomic E-state index is 12.2. The summed E-state index contributed by atoms with van der Waals surface area (Å²) in [5, 5.41) is 8.58. The number of carbonyl (C=O) groups excluding carboxylic acids is 1. The standard InChI is InChI=1S/C11H17N3O2/c12-4-1-5-14(8-2-3-8)11(15)9-6-16-7-10(9)13/h8-10H,1-3,5-7,13H2. The Hall–Kier alpha value is -1.12. The van der Waals surface area contributed by atoms with Crippen LogP contribution in [-0.4, -0.2) is 42.6 Å². The number of amides is 1. The van der Waals surface area contributed by atoms with Crippen molar-refractivity contribution in [3.63, 3.8) is 0 Å². The molecule has 2 rings (SSSR count). The fourth-order valence-corrected chi connectivity index (χ4v) is 2.07. The zero-order valence-electron chi connectivity index (χ0n) is 9.26. The molecule has 0 spiro atoms. The molecule has 1 saturated carbocycles. The maximum absolute atomic E-state index is 12.2. The molecule has 2 N–H and O–H groups in total. The molecular weight excluding hydrogens is 206 g/mol. The molecule has 2 fully saturated rings. The first-order chi connectivity index (χ1) is 7.74. The lowest BCUT2D eigenvalue weighted by atomic mass is 10.0. The Labute approximate surface area is 95.1 Å². The van der Waals surface area contributed by atoms with Gasteiger partial charge in [0.25, 0.3) is 0 Å². The van der Waals surface area contributed by atoms with Gasteiger partial charge in [0.2, 0.25) is 5.91 Å². The normalized spacial score (nSPS) is 28.8. The summed E-state index contributed by atoms with van der Waals surface area (Å²) in [5.74, 6) is -0.137. The molecule has 0 aromatic carbocycles. The molecule has 1 saturated heterocycles. The first-order valence-corrected chi connectivity index (χ1v) is 5.75. The van der Waals surface area contributed by atoms with E-state index >= 15 is 0 Å². The second-order valence-corrected chi connectivity index (χ2v) is 4.48. The van der Waals surface area contributed by atoms with Crippen LogP contribution in [0.3, 0.4) is 0 Å². The lowest BCUT2D eigenvalue weighted by Crippen LogP contribution is -2.45. The lowest BCUT2D eigenvalue weighted by molar-refractivity contribution is -0.136. The average Bonchev–Trinajstić information content (AvgIpc) is 3.01. The number of hydrogen-bond acceptors (Lipinski definition) is 4. The molecule has 0 aromatic rings. The summed E-state index contributed by atoms with van der Waals surface area (Å²) < 4.78 is 5.21.